The van der Waals surface area contributed by atoms with Crippen LogP contribution in [-0.4, -0.2) is 36.4 Å². The largest absolute Gasteiger partial charge is 0.481 e. The van der Waals surface area contributed by atoms with Crippen molar-refractivity contribution in [3.05, 3.63) is 27.1 Å². The van der Waals surface area contributed by atoms with E-state index in [2.05, 4.69) is 31.9 Å². The minimum absolute atomic E-state index is 0.200. The predicted octanol–water partition coefficient (Wildman–Crippen LogP) is 3.09. The lowest BCUT2D eigenvalue weighted by molar-refractivity contribution is -0.143. The Labute approximate surface area is 140 Å². The van der Waals surface area contributed by atoms with Crippen LogP contribution in [0.1, 0.15) is 19.8 Å². The number of hydrogen-bond donors (Lipinski definition) is 1. The van der Waals surface area contributed by atoms with E-state index in [0.29, 0.717) is 17.3 Å². The quantitative estimate of drug-likeness (QED) is 0.783. The van der Waals surface area contributed by atoms with Crippen LogP contribution in [0.5, 0.6) is 0 Å². The van der Waals surface area contributed by atoms with E-state index in [1.54, 1.807) is 25.1 Å². The van der Waals surface area contributed by atoms with Crippen LogP contribution in [0.3, 0.4) is 0 Å². The molecule has 8 heteroatoms. The van der Waals surface area contributed by atoms with Gasteiger partial charge in [-0.3, -0.25) is 4.79 Å². The molecule has 1 N–H and O–H groups in total. The number of hydrogen-bond acceptors (Lipinski definition) is 3. The third-order valence-corrected chi connectivity index (χ3v) is 7.13. The maximum atomic E-state index is 12.7. The summed E-state index contributed by atoms with van der Waals surface area (Å²) in [4.78, 5) is 11.2. The maximum absolute atomic E-state index is 12.7. The summed E-state index contributed by atoms with van der Waals surface area (Å²) in [5, 5.41) is 9.06. The zero-order valence-corrected chi connectivity index (χ0v) is 15.3. The van der Waals surface area contributed by atoms with E-state index in [1.807, 2.05) is 0 Å². The van der Waals surface area contributed by atoms with Crippen molar-refractivity contribution in [1.29, 1.82) is 0 Å². The standard InChI is InChI=1S/C13H15Br2NO4S/c1-8-6-9(13(17)18)4-5-16(8)21(19,20)12-3-2-10(14)7-11(12)15/h2-3,7-9H,4-6H2,1H3,(H,17,18). The fourth-order valence-corrected chi connectivity index (χ4v) is 5.91. The summed E-state index contributed by atoms with van der Waals surface area (Å²) < 4.78 is 28.1. The van der Waals surface area contributed by atoms with Gasteiger partial charge in [0.1, 0.15) is 0 Å². The molecule has 0 bridgehead atoms. The average molecular weight is 441 g/mol. The molecule has 1 fully saturated rings. The van der Waals surface area contributed by atoms with E-state index in [1.165, 1.54) is 4.31 Å². The first kappa shape index (κ1) is 16.9. The molecule has 5 nitrogen and oxygen atoms in total. The zero-order valence-electron chi connectivity index (χ0n) is 11.3. The Morgan fingerprint density at radius 3 is 2.57 bits per heavy atom. The monoisotopic (exact) mass is 439 g/mol. The molecule has 0 spiro atoms. The van der Waals surface area contributed by atoms with Crippen LogP contribution in [0.4, 0.5) is 0 Å². The van der Waals surface area contributed by atoms with Crippen LogP contribution in [0, 0.1) is 5.92 Å². The molecule has 2 atom stereocenters. The SMILES string of the molecule is CC1CC(C(=O)O)CCN1S(=O)(=O)c1ccc(Br)cc1Br. The topological polar surface area (TPSA) is 74.7 Å². The fourth-order valence-electron chi connectivity index (χ4n) is 2.54. The molecular weight excluding hydrogens is 426 g/mol. The third kappa shape index (κ3) is 3.49. The van der Waals surface area contributed by atoms with E-state index in [-0.39, 0.29) is 17.5 Å². The Bertz CT molecular complexity index is 662. The molecule has 2 rings (SSSR count). The van der Waals surface area contributed by atoms with Crippen molar-refractivity contribution in [3.8, 4) is 0 Å². The zero-order chi connectivity index (χ0) is 15.8. The Hall–Kier alpha value is -0.440. The number of aliphatic carboxylic acids is 1. The molecule has 1 aromatic carbocycles. The Morgan fingerprint density at radius 2 is 2.05 bits per heavy atom. The van der Waals surface area contributed by atoms with Gasteiger partial charge in [-0.05, 0) is 53.9 Å². The summed E-state index contributed by atoms with van der Waals surface area (Å²) in [6, 6.07) is 4.56. The fraction of sp³-hybridized carbons (Fsp3) is 0.462. The maximum Gasteiger partial charge on any atom is 0.306 e. The van der Waals surface area contributed by atoms with Gasteiger partial charge in [0.15, 0.2) is 0 Å². The smallest absolute Gasteiger partial charge is 0.306 e. The number of nitrogens with zero attached hydrogens (tertiary/aromatic N) is 1. The van der Waals surface area contributed by atoms with Crippen LogP contribution in [0.15, 0.2) is 32.0 Å². The number of sulfonamides is 1. The van der Waals surface area contributed by atoms with E-state index in [9.17, 15) is 13.2 Å². The van der Waals surface area contributed by atoms with Crippen molar-refractivity contribution in [2.24, 2.45) is 5.92 Å². The van der Waals surface area contributed by atoms with E-state index < -0.39 is 21.9 Å². The summed E-state index contributed by atoms with van der Waals surface area (Å²) in [5.74, 6) is -1.33. The Morgan fingerprint density at radius 1 is 1.38 bits per heavy atom. The Kier molecular flexibility index (Phi) is 5.12. The lowest BCUT2D eigenvalue weighted by Crippen LogP contribution is -2.46. The number of rotatable bonds is 3. The number of carbonyl (C=O) groups is 1. The van der Waals surface area contributed by atoms with Gasteiger partial charge in [0.05, 0.1) is 10.8 Å². The molecule has 0 saturated carbocycles. The highest BCUT2D eigenvalue weighted by molar-refractivity contribution is 9.11. The second kappa shape index (κ2) is 6.36. The van der Waals surface area contributed by atoms with Crippen molar-refractivity contribution in [1.82, 2.24) is 4.31 Å². The normalized spacial score (nSPS) is 24.0. The first-order valence-electron chi connectivity index (χ1n) is 6.43. The molecule has 21 heavy (non-hydrogen) atoms. The minimum Gasteiger partial charge on any atom is -0.481 e. The molecular formula is C13H15Br2NO4S. The van der Waals surface area contributed by atoms with Crippen LogP contribution < -0.4 is 0 Å². The molecule has 1 aliphatic rings. The van der Waals surface area contributed by atoms with Gasteiger partial charge in [-0.1, -0.05) is 15.9 Å². The molecule has 1 aromatic rings. The molecule has 0 aromatic heterocycles. The number of halogens is 2. The molecule has 0 radical (unpaired) electrons. The molecule has 2 unspecified atom stereocenters. The van der Waals surface area contributed by atoms with Crippen LogP contribution >= 0.6 is 31.9 Å². The van der Waals surface area contributed by atoms with E-state index >= 15 is 0 Å². The van der Waals surface area contributed by atoms with Crippen molar-refractivity contribution < 1.29 is 18.3 Å². The van der Waals surface area contributed by atoms with Gasteiger partial charge in [-0.15, -0.1) is 0 Å². The van der Waals surface area contributed by atoms with Gasteiger partial charge in [0.2, 0.25) is 10.0 Å². The first-order valence-corrected chi connectivity index (χ1v) is 9.46. The van der Waals surface area contributed by atoms with Gasteiger partial charge in [0.25, 0.3) is 0 Å². The van der Waals surface area contributed by atoms with Crippen molar-refractivity contribution in [2.45, 2.75) is 30.7 Å². The lowest BCUT2D eigenvalue weighted by atomic mass is 9.93. The summed E-state index contributed by atoms with van der Waals surface area (Å²) >= 11 is 6.57. The third-order valence-electron chi connectivity index (χ3n) is 3.65. The summed E-state index contributed by atoms with van der Waals surface area (Å²) in [5.41, 5.74) is 0. The van der Waals surface area contributed by atoms with Crippen molar-refractivity contribution >= 4 is 47.9 Å². The molecule has 1 heterocycles. The Balaban J connectivity index is 2.30. The number of piperidine rings is 1. The highest BCUT2D eigenvalue weighted by Gasteiger charge is 2.37. The van der Waals surface area contributed by atoms with Gasteiger partial charge in [-0.25, -0.2) is 8.42 Å². The number of benzene rings is 1. The molecule has 1 aliphatic heterocycles. The van der Waals surface area contributed by atoms with Crippen molar-refractivity contribution in [2.75, 3.05) is 6.54 Å². The molecule has 1 saturated heterocycles. The van der Waals surface area contributed by atoms with Crippen LogP contribution in [-0.2, 0) is 14.8 Å². The average Bonchev–Trinajstić information content (AvgIpc) is 2.37. The highest BCUT2D eigenvalue weighted by Crippen LogP contribution is 2.32. The lowest BCUT2D eigenvalue weighted by Gasteiger charge is -2.35. The second-order valence-electron chi connectivity index (χ2n) is 5.10. The second-order valence-corrected chi connectivity index (χ2v) is 8.73. The van der Waals surface area contributed by atoms with Crippen LogP contribution in [0.2, 0.25) is 0 Å². The molecule has 0 aliphatic carbocycles. The van der Waals surface area contributed by atoms with Gasteiger partial charge in [-0.2, -0.15) is 4.31 Å². The van der Waals surface area contributed by atoms with Crippen LogP contribution in [0.25, 0.3) is 0 Å². The van der Waals surface area contributed by atoms with E-state index in [4.69, 9.17) is 5.11 Å². The van der Waals surface area contributed by atoms with Gasteiger partial charge >= 0.3 is 5.97 Å². The summed E-state index contributed by atoms with van der Waals surface area (Å²) in [6.07, 6.45) is 0.676. The predicted molar refractivity (Wildman–Crippen MR) is 85.6 cm³/mol. The van der Waals surface area contributed by atoms with Gasteiger partial charge in [0, 0.05) is 21.5 Å². The molecule has 0 amide bonds. The number of carboxylic acids is 1. The molecule has 116 valence electrons. The minimum atomic E-state index is -3.64. The first-order chi connectivity index (χ1) is 9.73. The van der Waals surface area contributed by atoms with E-state index in [0.717, 1.165) is 4.47 Å². The highest BCUT2D eigenvalue weighted by atomic mass is 79.9. The van der Waals surface area contributed by atoms with Gasteiger partial charge < -0.3 is 5.11 Å². The van der Waals surface area contributed by atoms with Crippen molar-refractivity contribution in [3.63, 3.8) is 0 Å². The summed E-state index contributed by atoms with van der Waals surface area (Å²) in [6.45, 7) is 1.97. The number of carboxylic acid groups (broad SMARTS) is 1. The summed E-state index contributed by atoms with van der Waals surface area (Å²) in [7, 11) is -3.64.